The fraction of sp³-hybridized carbons (Fsp3) is 0.125. The van der Waals surface area contributed by atoms with E-state index >= 15 is 0 Å². The minimum absolute atomic E-state index is 0.114. The Labute approximate surface area is 262 Å². The summed E-state index contributed by atoms with van der Waals surface area (Å²) in [7, 11) is 1.52. The van der Waals surface area contributed by atoms with Crippen LogP contribution in [0.1, 0.15) is 33.4 Å². The summed E-state index contributed by atoms with van der Waals surface area (Å²) in [5.74, 6) is -5.20. The normalized spacial score (nSPS) is 12.2. The molecule has 0 fully saturated rings. The molecule has 0 radical (unpaired) electrons. The maximum Gasteiger partial charge on any atom is 0.573 e. The van der Waals surface area contributed by atoms with E-state index in [0.29, 0.717) is 29.5 Å². The Bertz CT molecular complexity index is 1730. The van der Waals surface area contributed by atoms with Crippen molar-refractivity contribution in [1.82, 2.24) is 0 Å². The lowest BCUT2D eigenvalue weighted by molar-refractivity contribution is -0.276. The molecule has 0 heterocycles. The van der Waals surface area contributed by atoms with Crippen LogP contribution in [-0.2, 0) is 6.18 Å². The van der Waals surface area contributed by atoms with Gasteiger partial charge in [-0.1, -0.05) is 35.9 Å². The van der Waals surface area contributed by atoms with Gasteiger partial charge in [-0.15, -0.1) is 13.2 Å². The van der Waals surface area contributed by atoms with E-state index in [1.807, 2.05) is 31.2 Å². The number of benzene rings is 4. The standard InChI is InChI=1S/C16H11F5N2O2.C16H12F4N2/c1-24-12-4-2-10(3-5-12)8-22-23-9-11-6-13(17)15(14(18)7-11)25-16(19,20)21;1-11-2-4-12(5-3-11)9-21-22-10-13-6-7-14(15(17)8-13)16(18,19)20/h2-9H,1H3;2-10H,1H3. The van der Waals surface area contributed by atoms with Crippen molar-refractivity contribution in [2.24, 2.45) is 20.4 Å². The topological polar surface area (TPSA) is 67.9 Å². The molecule has 0 N–H and O–H groups in total. The Kier molecular flexibility index (Phi) is 12.4. The first kappa shape index (κ1) is 36.0. The van der Waals surface area contributed by atoms with E-state index < -0.39 is 41.3 Å². The van der Waals surface area contributed by atoms with E-state index in [2.05, 4.69) is 25.1 Å². The van der Waals surface area contributed by atoms with Crippen molar-refractivity contribution < 1.29 is 49.0 Å². The van der Waals surface area contributed by atoms with Gasteiger partial charge in [0.2, 0.25) is 5.75 Å². The summed E-state index contributed by atoms with van der Waals surface area (Å²) in [6, 6.07) is 18.2. The van der Waals surface area contributed by atoms with Crippen LogP contribution in [-0.4, -0.2) is 38.3 Å². The minimum atomic E-state index is -5.19. The lowest BCUT2D eigenvalue weighted by Crippen LogP contribution is -2.19. The molecule has 0 spiro atoms. The van der Waals surface area contributed by atoms with Gasteiger partial charge in [0, 0.05) is 5.56 Å². The highest BCUT2D eigenvalue weighted by Crippen LogP contribution is 2.31. The summed E-state index contributed by atoms with van der Waals surface area (Å²) in [4.78, 5) is 0. The van der Waals surface area contributed by atoms with Crippen LogP contribution in [0, 0.1) is 24.4 Å². The summed E-state index contributed by atoms with van der Waals surface area (Å²) >= 11 is 0. The number of ether oxygens (including phenoxy) is 2. The van der Waals surface area contributed by atoms with Crippen LogP contribution in [0.5, 0.6) is 11.5 Å². The molecule has 0 aliphatic carbocycles. The van der Waals surface area contributed by atoms with E-state index in [1.165, 1.54) is 25.8 Å². The second kappa shape index (κ2) is 16.2. The van der Waals surface area contributed by atoms with Gasteiger partial charge in [0.15, 0.2) is 11.6 Å². The van der Waals surface area contributed by atoms with Gasteiger partial charge in [0.25, 0.3) is 0 Å². The Balaban J connectivity index is 0.000000257. The lowest BCUT2D eigenvalue weighted by atomic mass is 10.1. The fourth-order valence-corrected chi connectivity index (χ4v) is 3.45. The zero-order chi connectivity index (χ0) is 34.6. The van der Waals surface area contributed by atoms with Crippen molar-refractivity contribution in [1.29, 1.82) is 0 Å². The van der Waals surface area contributed by atoms with Crippen molar-refractivity contribution in [3.05, 3.63) is 130 Å². The van der Waals surface area contributed by atoms with Gasteiger partial charge >= 0.3 is 12.5 Å². The highest BCUT2D eigenvalue weighted by molar-refractivity contribution is 5.83. The third-order valence-corrected chi connectivity index (χ3v) is 5.69. The third kappa shape index (κ3) is 12.1. The molecular formula is C32H23F9N4O2. The molecule has 0 unspecified atom stereocenters. The molecule has 6 nitrogen and oxygen atoms in total. The molecule has 0 aliphatic rings. The average molecular weight is 667 g/mol. The van der Waals surface area contributed by atoms with Gasteiger partial charge in [0.1, 0.15) is 11.6 Å². The van der Waals surface area contributed by atoms with Crippen LogP contribution in [0.2, 0.25) is 0 Å². The zero-order valence-corrected chi connectivity index (χ0v) is 24.3. The van der Waals surface area contributed by atoms with Crippen LogP contribution in [0.25, 0.3) is 0 Å². The Morgan fingerprint density at radius 1 is 0.553 bits per heavy atom. The van der Waals surface area contributed by atoms with E-state index in [4.69, 9.17) is 4.74 Å². The predicted molar refractivity (Wildman–Crippen MR) is 159 cm³/mol. The fourth-order valence-electron chi connectivity index (χ4n) is 3.45. The Hall–Kier alpha value is -5.47. The van der Waals surface area contributed by atoms with Gasteiger partial charge in [-0.2, -0.15) is 33.6 Å². The molecule has 0 amide bonds. The Morgan fingerprint density at radius 2 is 0.979 bits per heavy atom. The smallest absolute Gasteiger partial charge is 0.497 e. The van der Waals surface area contributed by atoms with Crippen molar-refractivity contribution in [3.8, 4) is 11.5 Å². The summed E-state index contributed by atoms with van der Waals surface area (Å²) in [5, 5.41) is 14.7. The number of hydrogen-bond acceptors (Lipinski definition) is 6. The number of halogens is 9. The summed E-state index contributed by atoms with van der Waals surface area (Å²) < 4.78 is 122. The summed E-state index contributed by atoms with van der Waals surface area (Å²) in [5.41, 5.74) is 1.43. The van der Waals surface area contributed by atoms with Crippen molar-refractivity contribution >= 4 is 24.9 Å². The number of rotatable bonds is 8. The number of aryl methyl sites for hydroxylation is 1. The van der Waals surface area contributed by atoms with E-state index in [0.717, 1.165) is 29.5 Å². The van der Waals surface area contributed by atoms with Crippen molar-refractivity contribution in [2.75, 3.05) is 7.11 Å². The van der Waals surface area contributed by atoms with Crippen LogP contribution in [0.3, 0.4) is 0 Å². The second-order valence-corrected chi connectivity index (χ2v) is 9.26. The SMILES string of the molecule is COc1ccc(C=NN=Cc2cc(F)c(OC(F)(F)F)c(F)c2)cc1.Cc1ccc(C=NN=Cc2ccc(C(F)(F)F)c(F)c2)cc1. The molecule has 0 aromatic heterocycles. The first-order valence-electron chi connectivity index (χ1n) is 13.1. The van der Waals surface area contributed by atoms with Crippen LogP contribution >= 0.6 is 0 Å². The highest BCUT2D eigenvalue weighted by atomic mass is 19.4. The number of hydrogen-bond donors (Lipinski definition) is 0. The molecule has 0 saturated heterocycles. The van der Waals surface area contributed by atoms with Gasteiger partial charge in [0.05, 0.1) is 37.5 Å². The van der Waals surface area contributed by atoms with Crippen LogP contribution in [0.4, 0.5) is 39.5 Å². The molecular weight excluding hydrogens is 643 g/mol. The predicted octanol–water partition coefficient (Wildman–Crippen LogP) is 8.93. The number of alkyl halides is 6. The zero-order valence-electron chi connectivity index (χ0n) is 24.3. The van der Waals surface area contributed by atoms with E-state index in [1.54, 1.807) is 24.3 Å². The van der Waals surface area contributed by atoms with Crippen molar-refractivity contribution in [2.45, 2.75) is 19.5 Å². The molecule has 4 aromatic rings. The molecule has 47 heavy (non-hydrogen) atoms. The van der Waals surface area contributed by atoms with Gasteiger partial charge < -0.3 is 9.47 Å². The molecule has 4 aromatic carbocycles. The van der Waals surface area contributed by atoms with Crippen LogP contribution < -0.4 is 9.47 Å². The molecule has 4 rings (SSSR count). The second-order valence-electron chi connectivity index (χ2n) is 9.26. The van der Waals surface area contributed by atoms with E-state index in [9.17, 15) is 39.5 Å². The van der Waals surface area contributed by atoms with Gasteiger partial charge in [-0.3, -0.25) is 0 Å². The van der Waals surface area contributed by atoms with Crippen molar-refractivity contribution in [3.63, 3.8) is 0 Å². The largest absolute Gasteiger partial charge is 0.573 e. The average Bonchev–Trinajstić information content (AvgIpc) is 3.00. The summed E-state index contributed by atoms with van der Waals surface area (Å²) in [6.07, 6.45) is -4.85. The van der Waals surface area contributed by atoms with Crippen LogP contribution in [0.15, 0.2) is 99.3 Å². The molecule has 0 aliphatic heterocycles. The highest BCUT2D eigenvalue weighted by Gasteiger charge is 2.34. The first-order chi connectivity index (χ1) is 22.1. The molecule has 0 atom stereocenters. The third-order valence-electron chi connectivity index (χ3n) is 5.69. The van der Waals surface area contributed by atoms with Gasteiger partial charge in [-0.05, 0) is 72.1 Å². The maximum absolute atomic E-state index is 13.5. The maximum atomic E-state index is 13.5. The molecule has 246 valence electrons. The quantitative estimate of drug-likeness (QED) is 0.107. The molecule has 0 bridgehead atoms. The first-order valence-corrected chi connectivity index (χ1v) is 13.1. The number of methoxy groups -OCH3 is 1. The van der Waals surface area contributed by atoms with Gasteiger partial charge in [-0.25, -0.2) is 13.2 Å². The summed E-state index contributed by atoms with van der Waals surface area (Å²) in [6.45, 7) is 1.96. The monoisotopic (exact) mass is 666 g/mol. The molecule has 15 heteroatoms. The lowest BCUT2D eigenvalue weighted by Gasteiger charge is -2.10. The molecule has 0 saturated carbocycles. The Morgan fingerprint density at radius 3 is 1.43 bits per heavy atom. The van der Waals surface area contributed by atoms with E-state index in [-0.39, 0.29) is 11.1 Å². The minimum Gasteiger partial charge on any atom is -0.497 e. The number of nitrogens with zero attached hydrogens (tertiary/aromatic N) is 4.